The molecule has 0 spiro atoms. The predicted octanol–water partition coefficient (Wildman–Crippen LogP) is 3.85. The number of halogens is 1. The molecule has 0 radical (unpaired) electrons. The van der Waals surface area contributed by atoms with E-state index in [4.69, 9.17) is 5.73 Å². The van der Waals surface area contributed by atoms with E-state index in [1.54, 1.807) is 0 Å². The van der Waals surface area contributed by atoms with Gasteiger partial charge in [-0.15, -0.1) is 12.4 Å². The maximum absolute atomic E-state index is 12.6. The fourth-order valence-corrected chi connectivity index (χ4v) is 3.65. The van der Waals surface area contributed by atoms with Gasteiger partial charge in [0, 0.05) is 13.1 Å². The number of nitrogens with two attached hydrogens (primary N) is 1. The number of nitrogens with zero attached hydrogens (tertiary/aromatic N) is 1. The highest BCUT2D eigenvalue weighted by molar-refractivity contribution is 5.85. The van der Waals surface area contributed by atoms with Gasteiger partial charge < -0.3 is 10.6 Å². The van der Waals surface area contributed by atoms with Crippen LogP contribution in [0.1, 0.15) is 30.4 Å². The van der Waals surface area contributed by atoms with Gasteiger partial charge in [-0.05, 0) is 49.1 Å². The molecule has 2 aromatic rings. The number of amides is 1. The molecule has 0 bridgehead atoms. The second kappa shape index (κ2) is 10.3. The first kappa shape index (κ1) is 20.5. The van der Waals surface area contributed by atoms with Gasteiger partial charge in [-0.1, -0.05) is 60.7 Å². The smallest absolute Gasteiger partial charge is 0.239 e. The van der Waals surface area contributed by atoms with E-state index in [0.29, 0.717) is 6.42 Å². The van der Waals surface area contributed by atoms with Crippen LogP contribution in [0, 0.1) is 5.92 Å². The van der Waals surface area contributed by atoms with Gasteiger partial charge >= 0.3 is 0 Å². The number of piperidine rings is 1. The van der Waals surface area contributed by atoms with E-state index in [2.05, 4.69) is 30.3 Å². The molecule has 1 amide bonds. The minimum atomic E-state index is -0.428. The number of carbonyl (C=O) groups is 1. The monoisotopic (exact) mass is 372 g/mol. The Bertz CT molecular complexity index is 654. The molecule has 1 fully saturated rings. The Morgan fingerprint density at radius 3 is 2.08 bits per heavy atom. The molecule has 1 aliphatic rings. The van der Waals surface area contributed by atoms with Crippen molar-refractivity contribution in [2.24, 2.45) is 11.7 Å². The van der Waals surface area contributed by atoms with Crippen molar-refractivity contribution in [3.8, 4) is 0 Å². The molecule has 140 valence electrons. The molecule has 0 aliphatic carbocycles. The fourth-order valence-electron chi connectivity index (χ4n) is 3.65. The molecule has 0 aromatic heterocycles. The maximum Gasteiger partial charge on any atom is 0.239 e. The van der Waals surface area contributed by atoms with Gasteiger partial charge in [-0.2, -0.15) is 0 Å². The summed E-state index contributed by atoms with van der Waals surface area (Å²) in [5, 5.41) is 0. The van der Waals surface area contributed by atoms with Crippen molar-refractivity contribution in [2.45, 2.75) is 38.1 Å². The van der Waals surface area contributed by atoms with Crippen molar-refractivity contribution < 1.29 is 4.79 Å². The standard InChI is InChI=1S/C22H28N2O.ClH/c23-21(17-20-9-5-2-6-10-20)22(25)24-15-13-19(14-16-24)12-11-18-7-3-1-4-8-18;/h1-10,19,21H,11-17,23H2;1H. The van der Waals surface area contributed by atoms with E-state index in [9.17, 15) is 4.79 Å². The Kier molecular flexibility index (Phi) is 8.14. The molecule has 3 rings (SSSR count). The van der Waals surface area contributed by atoms with Crippen LogP contribution >= 0.6 is 12.4 Å². The summed E-state index contributed by atoms with van der Waals surface area (Å²) in [5.74, 6) is 0.819. The van der Waals surface area contributed by atoms with Crippen molar-refractivity contribution in [2.75, 3.05) is 13.1 Å². The topological polar surface area (TPSA) is 46.3 Å². The molecule has 0 saturated carbocycles. The molecule has 1 saturated heterocycles. The van der Waals surface area contributed by atoms with E-state index < -0.39 is 6.04 Å². The zero-order valence-electron chi connectivity index (χ0n) is 15.2. The molecule has 1 aliphatic heterocycles. The number of aryl methyl sites for hydroxylation is 1. The number of hydrogen-bond acceptors (Lipinski definition) is 2. The molecule has 26 heavy (non-hydrogen) atoms. The first-order valence-corrected chi connectivity index (χ1v) is 9.34. The Morgan fingerprint density at radius 1 is 0.962 bits per heavy atom. The van der Waals surface area contributed by atoms with Crippen molar-refractivity contribution in [1.29, 1.82) is 0 Å². The average Bonchev–Trinajstić information content (AvgIpc) is 2.68. The predicted molar refractivity (Wildman–Crippen MR) is 109 cm³/mol. The second-order valence-electron chi connectivity index (χ2n) is 7.09. The summed E-state index contributed by atoms with van der Waals surface area (Å²) in [6, 6.07) is 20.3. The third-order valence-electron chi connectivity index (χ3n) is 5.23. The number of hydrogen-bond donors (Lipinski definition) is 1. The largest absolute Gasteiger partial charge is 0.341 e. The highest BCUT2D eigenvalue weighted by Crippen LogP contribution is 2.23. The van der Waals surface area contributed by atoms with E-state index >= 15 is 0 Å². The summed E-state index contributed by atoms with van der Waals surface area (Å²) in [6.07, 6.45) is 5.15. The molecule has 3 nitrogen and oxygen atoms in total. The normalized spacial score (nSPS) is 16.0. The first-order chi connectivity index (χ1) is 12.2. The molecule has 1 heterocycles. The van der Waals surface area contributed by atoms with Crippen LogP contribution in [0.2, 0.25) is 0 Å². The highest BCUT2D eigenvalue weighted by atomic mass is 35.5. The quantitative estimate of drug-likeness (QED) is 0.837. The number of carbonyl (C=O) groups excluding carboxylic acids is 1. The van der Waals surface area contributed by atoms with Gasteiger partial charge in [-0.3, -0.25) is 4.79 Å². The van der Waals surface area contributed by atoms with E-state index in [-0.39, 0.29) is 18.3 Å². The van der Waals surface area contributed by atoms with Crippen LogP contribution in [0.4, 0.5) is 0 Å². The molecular formula is C22H29ClN2O. The van der Waals surface area contributed by atoms with Crippen LogP contribution in [0.15, 0.2) is 60.7 Å². The van der Waals surface area contributed by atoms with Gasteiger partial charge in [0.25, 0.3) is 0 Å². The molecule has 2 aromatic carbocycles. The number of benzene rings is 2. The van der Waals surface area contributed by atoms with E-state index in [1.165, 1.54) is 12.0 Å². The summed E-state index contributed by atoms with van der Waals surface area (Å²) < 4.78 is 0. The molecule has 4 heteroatoms. The summed E-state index contributed by atoms with van der Waals surface area (Å²) >= 11 is 0. The minimum absolute atomic E-state index is 0. The lowest BCUT2D eigenvalue weighted by Crippen LogP contribution is -2.48. The van der Waals surface area contributed by atoms with Gasteiger partial charge in [-0.25, -0.2) is 0 Å². The van der Waals surface area contributed by atoms with E-state index in [0.717, 1.165) is 43.8 Å². The highest BCUT2D eigenvalue weighted by Gasteiger charge is 2.26. The SMILES string of the molecule is Cl.NC(Cc1ccccc1)C(=O)N1CCC(CCc2ccccc2)CC1. The van der Waals surface area contributed by atoms with Crippen LogP contribution < -0.4 is 5.73 Å². The minimum Gasteiger partial charge on any atom is -0.341 e. The van der Waals surface area contributed by atoms with Crippen molar-refractivity contribution in [3.05, 3.63) is 71.8 Å². The van der Waals surface area contributed by atoms with Gasteiger partial charge in [0.15, 0.2) is 0 Å². The Hall–Kier alpha value is -1.84. The molecule has 2 N–H and O–H groups in total. The van der Waals surface area contributed by atoms with Crippen LogP contribution in [0.3, 0.4) is 0 Å². The summed E-state index contributed by atoms with van der Waals surface area (Å²) in [6.45, 7) is 1.70. The van der Waals surface area contributed by atoms with Crippen LogP contribution in [-0.4, -0.2) is 29.9 Å². The van der Waals surface area contributed by atoms with Crippen LogP contribution in [-0.2, 0) is 17.6 Å². The van der Waals surface area contributed by atoms with Crippen LogP contribution in [0.5, 0.6) is 0 Å². The summed E-state index contributed by atoms with van der Waals surface area (Å²) in [4.78, 5) is 14.6. The fraction of sp³-hybridized carbons (Fsp3) is 0.409. The Balaban J connectivity index is 0.00000243. The van der Waals surface area contributed by atoms with Gasteiger partial charge in [0.2, 0.25) is 5.91 Å². The van der Waals surface area contributed by atoms with Crippen molar-refractivity contribution in [3.63, 3.8) is 0 Å². The zero-order chi connectivity index (χ0) is 17.5. The van der Waals surface area contributed by atoms with Crippen molar-refractivity contribution >= 4 is 18.3 Å². The Morgan fingerprint density at radius 2 is 1.50 bits per heavy atom. The zero-order valence-corrected chi connectivity index (χ0v) is 16.0. The second-order valence-corrected chi connectivity index (χ2v) is 7.09. The maximum atomic E-state index is 12.6. The number of likely N-dealkylation sites (tertiary alicyclic amines) is 1. The van der Waals surface area contributed by atoms with Crippen molar-refractivity contribution in [1.82, 2.24) is 4.90 Å². The number of rotatable bonds is 6. The lowest BCUT2D eigenvalue weighted by atomic mass is 9.90. The summed E-state index contributed by atoms with van der Waals surface area (Å²) in [5.41, 5.74) is 8.69. The van der Waals surface area contributed by atoms with Gasteiger partial charge in [0.05, 0.1) is 6.04 Å². The average molecular weight is 373 g/mol. The van der Waals surface area contributed by atoms with E-state index in [1.807, 2.05) is 35.2 Å². The summed E-state index contributed by atoms with van der Waals surface area (Å²) in [7, 11) is 0. The third kappa shape index (κ3) is 5.86. The molecule has 1 unspecified atom stereocenters. The third-order valence-corrected chi connectivity index (χ3v) is 5.23. The molecular weight excluding hydrogens is 344 g/mol. The Labute approximate surface area is 163 Å². The van der Waals surface area contributed by atoms with Crippen LogP contribution in [0.25, 0.3) is 0 Å². The van der Waals surface area contributed by atoms with Gasteiger partial charge in [0.1, 0.15) is 0 Å². The lowest BCUT2D eigenvalue weighted by Gasteiger charge is -2.33. The first-order valence-electron chi connectivity index (χ1n) is 9.34. The lowest BCUT2D eigenvalue weighted by molar-refractivity contribution is -0.134. The molecule has 1 atom stereocenters.